The summed E-state index contributed by atoms with van der Waals surface area (Å²) in [6, 6.07) is 3.99. The SMILES string of the molecule is c1cncc(-c2nc3c(c(N4CCCCCC4)n2)CNCC3)c1. The van der Waals surface area contributed by atoms with Crippen LogP contribution in [0.15, 0.2) is 24.5 Å². The van der Waals surface area contributed by atoms with Gasteiger partial charge < -0.3 is 10.2 Å². The third-order valence-corrected chi connectivity index (χ3v) is 4.74. The van der Waals surface area contributed by atoms with E-state index in [0.29, 0.717) is 0 Å². The lowest BCUT2D eigenvalue weighted by Crippen LogP contribution is -2.32. The van der Waals surface area contributed by atoms with Gasteiger partial charge in [0.2, 0.25) is 0 Å². The van der Waals surface area contributed by atoms with E-state index in [1.165, 1.54) is 36.9 Å². The highest BCUT2D eigenvalue weighted by atomic mass is 15.2. The molecule has 0 saturated carbocycles. The van der Waals surface area contributed by atoms with Gasteiger partial charge in [-0.3, -0.25) is 4.98 Å². The molecule has 120 valence electrons. The number of pyridine rings is 1. The van der Waals surface area contributed by atoms with Gasteiger partial charge in [-0.15, -0.1) is 0 Å². The molecule has 5 nitrogen and oxygen atoms in total. The van der Waals surface area contributed by atoms with E-state index in [0.717, 1.165) is 49.8 Å². The lowest BCUT2D eigenvalue weighted by molar-refractivity contribution is 0.620. The summed E-state index contributed by atoms with van der Waals surface area (Å²) < 4.78 is 0. The van der Waals surface area contributed by atoms with Crippen LogP contribution in [-0.4, -0.2) is 34.6 Å². The van der Waals surface area contributed by atoms with E-state index in [9.17, 15) is 0 Å². The highest BCUT2D eigenvalue weighted by molar-refractivity contribution is 5.60. The summed E-state index contributed by atoms with van der Waals surface area (Å²) in [5.74, 6) is 1.96. The van der Waals surface area contributed by atoms with Crippen molar-refractivity contribution >= 4 is 5.82 Å². The van der Waals surface area contributed by atoms with Crippen molar-refractivity contribution in [2.75, 3.05) is 24.5 Å². The number of fused-ring (bicyclic) bond motifs is 1. The molecule has 0 bridgehead atoms. The number of hydrogen-bond acceptors (Lipinski definition) is 5. The Morgan fingerprint density at radius 1 is 1.04 bits per heavy atom. The minimum absolute atomic E-state index is 0.818. The van der Waals surface area contributed by atoms with Crippen LogP contribution in [-0.2, 0) is 13.0 Å². The first-order valence-electron chi connectivity index (χ1n) is 8.68. The number of rotatable bonds is 2. The summed E-state index contributed by atoms with van der Waals surface area (Å²) in [6.45, 7) is 4.09. The highest BCUT2D eigenvalue weighted by Gasteiger charge is 2.22. The fourth-order valence-electron chi connectivity index (χ4n) is 3.49. The summed E-state index contributed by atoms with van der Waals surface area (Å²) in [5, 5.41) is 3.48. The molecule has 0 spiro atoms. The lowest BCUT2D eigenvalue weighted by Gasteiger charge is -2.28. The number of nitrogens with one attached hydrogen (secondary N) is 1. The Hall–Kier alpha value is -2.01. The van der Waals surface area contributed by atoms with Crippen molar-refractivity contribution in [2.24, 2.45) is 0 Å². The molecule has 0 amide bonds. The van der Waals surface area contributed by atoms with Gasteiger partial charge >= 0.3 is 0 Å². The van der Waals surface area contributed by atoms with E-state index in [1.54, 1.807) is 6.20 Å². The zero-order chi connectivity index (χ0) is 15.5. The number of aromatic nitrogens is 3. The normalized spacial score (nSPS) is 18.3. The summed E-state index contributed by atoms with van der Waals surface area (Å²) in [5.41, 5.74) is 3.51. The van der Waals surface area contributed by atoms with E-state index in [-0.39, 0.29) is 0 Å². The van der Waals surface area contributed by atoms with E-state index in [4.69, 9.17) is 9.97 Å². The minimum atomic E-state index is 0.818. The maximum Gasteiger partial charge on any atom is 0.163 e. The van der Waals surface area contributed by atoms with Crippen LogP contribution in [0.5, 0.6) is 0 Å². The van der Waals surface area contributed by atoms with Crippen LogP contribution in [0.2, 0.25) is 0 Å². The van der Waals surface area contributed by atoms with Gasteiger partial charge in [0.1, 0.15) is 5.82 Å². The Balaban J connectivity index is 1.79. The minimum Gasteiger partial charge on any atom is -0.356 e. The van der Waals surface area contributed by atoms with E-state index in [2.05, 4.69) is 15.2 Å². The largest absolute Gasteiger partial charge is 0.356 e. The van der Waals surface area contributed by atoms with Gasteiger partial charge in [0.05, 0.1) is 5.69 Å². The van der Waals surface area contributed by atoms with Gasteiger partial charge in [0, 0.05) is 56.1 Å². The number of nitrogens with zero attached hydrogens (tertiary/aromatic N) is 4. The highest BCUT2D eigenvalue weighted by Crippen LogP contribution is 2.28. The second-order valence-corrected chi connectivity index (χ2v) is 6.37. The molecule has 5 heteroatoms. The predicted octanol–water partition coefficient (Wildman–Crippen LogP) is 2.56. The van der Waals surface area contributed by atoms with E-state index >= 15 is 0 Å². The average molecular weight is 309 g/mol. The molecular formula is C18H23N5. The van der Waals surface area contributed by atoms with Crippen molar-refractivity contribution in [1.29, 1.82) is 0 Å². The summed E-state index contributed by atoms with van der Waals surface area (Å²) in [7, 11) is 0. The quantitative estimate of drug-likeness (QED) is 0.924. The van der Waals surface area contributed by atoms with Crippen molar-refractivity contribution in [3.05, 3.63) is 35.8 Å². The average Bonchev–Trinajstić information content (AvgIpc) is 2.91. The molecule has 2 aromatic rings. The van der Waals surface area contributed by atoms with Crippen molar-refractivity contribution in [3.8, 4) is 11.4 Å². The second kappa shape index (κ2) is 6.62. The molecule has 2 aliphatic rings. The smallest absolute Gasteiger partial charge is 0.163 e. The predicted molar refractivity (Wildman–Crippen MR) is 91.4 cm³/mol. The topological polar surface area (TPSA) is 53.9 Å². The molecule has 0 aromatic carbocycles. The van der Waals surface area contributed by atoms with Crippen molar-refractivity contribution in [2.45, 2.75) is 38.6 Å². The van der Waals surface area contributed by atoms with Crippen molar-refractivity contribution in [3.63, 3.8) is 0 Å². The maximum atomic E-state index is 4.96. The first kappa shape index (κ1) is 14.6. The van der Waals surface area contributed by atoms with Crippen molar-refractivity contribution in [1.82, 2.24) is 20.3 Å². The first-order chi connectivity index (χ1) is 11.4. The fourth-order valence-corrected chi connectivity index (χ4v) is 3.49. The molecule has 0 aliphatic carbocycles. The third-order valence-electron chi connectivity index (χ3n) is 4.74. The van der Waals surface area contributed by atoms with Gasteiger partial charge in [0.25, 0.3) is 0 Å². The van der Waals surface area contributed by atoms with Crippen molar-refractivity contribution < 1.29 is 0 Å². The number of hydrogen-bond donors (Lipinski definition) is 1. The van der Waals surface area contributed by atoms with Gasteiger partial charge in [-0.25, -0.2) is 9.97 Å². The Kier molecular flexibility index (Phi) is 4.20. The van der Waals surface area contributed by atoms with Crippen LogP contribution in [0.4, 0.5) is 5.82 Å². The van der Waals surface area contributed by atoms with Gasteiger partial charge in [-0.2, -0.15) is 0 Å². The summed E-state index contributed by atoms with van der Waals surface area (Å²) >= 11 is 0. The Morgan fingerprint density at radius 2 is 1.91 bits per heavy atom. The summed E-state index contributed by atoms with van der Waals surface area (Å²) in [6.07, 6.45) is 9.81. The molecule has 2 aromatic heterocycles. The third kappa shape index (κ3) is 3.06. The molecule has 1 fully saturated rings. The molecular weight excluding hydrogens is 286 g/mol. The van der Waals surface area contributed by atoms with Crippen LogP contribution in [0.1, 0.15) is 36.9 Å². The fraction of sp³-hybridized carbons (Fsp3) is 0.500. The molecule has 23 heavy (non-hydrogen) atoms. The Labute approximate surface area is 137 Å². The molecule has 1 saturated heterocycles. The molecule has 0 radical (unpaired) electrons. The van der Waals surface area contributed by atoms with Crippen LogP contribution in [0.25, 0.3) is 11.4 Å². The lowest BCUT2D eigenvalue weighted by atomic mass is 10.1. The molecule has 1 N–H and O–H groups in total. The van der Waals surface area contributed by atoms with Gasteiger partial charge in [-0.05, 0) is 25.0 Å². The van der Waals surface area contributed by atoms with Gasteiger partial charge in [-0.1, -0.05) is 12.8 Å². The maximum absolute atomic E-state index is 4.96. The van der Waals surface area contributed by atoms with E-state index in [1.807, 2.05) is 18.3 Å². The molecule has 0 atom stereocenters. The number of anilines is 1. The standard InChI is InChI=1S/C18H23N5/c1-2-4-11-23(10-3-1)18-15-13-20-9-7-16(15)21-17(22-18)14-6-5-8-19-12-14/h5-6,8,12,20H,1-4,7,9-11,13H2. The first-order valence-corrected chi connectivity index (χ1v) is 8.68. The van der Waals surface area contributed by atoms with Crippen LogP contribution in [0, 0.1) is 0 Å². The van der Waals surface area contributed by atoms with Crippen LogP contribution < -0.4 is 10.2 Å². The van der Waals surface area contributed by atoms with Gasteiger partial charge in [0.15, 0.2) is 5.82 Å². The molecule has 0 unspecified atom stereocenters. The molecule has 2 aliphatic heterocycles. The van der Waals surface area contributed by atoms with E-state index < -0.39 is 0 Å². The Morgan fingerprint density at radius 3 is 2.70 bits per heavy atom. The van der Waals surface area contributed by atoms with Crippen LogP contribution >= 0.6 is 0 Å². The molecule has 4 rings (SSSR count). The Bertz CT molecular complexity index is 663. The zero-order valence-electron chi connectivity index (χ0n) is 13.5. The van der Waals surface area contributed by atoms with Crippen LogP contribution in [0.3, 0.4) is 0 Å². The summed E-state index contributed by atoms with van der Waals surface area (Å²) in [4.78, 5) is 16.5. The second-order valence-electron chi connectivity index (χ2n) is 6.37. The zero-order valence-corrected chi connectivity index (χ0v) is 13.5. The molecule has 4 heterocycles. The monoisotopic (exact) mass is 309 g/mol.